The molecule has 1 aromatic carbocycles. The number of anilines is 1. The van der Waals surface area contributed by atoms with E-state index in [1.165, 1.54) is 6.20 Å². The molecule has 0 bridgehead atoms. The van der Waals surface area contributed by atoms with Crippen molar-refractivity contribution < 1.29 is 13.9 Å². The van der Waals surface area contributed by atoms with E-state index >= 15 is 0 Å². The maximum atomic E-state index is 14.2. The topological polar surface area (TPSA) is 107 Å². The number of hydrogen-bond acceptors (Lipinski definition) is 7. The van der Waals surface area contributed by atoms with Crippen LogP contribution in [0.5, 0.6) is 17.6 Å². The fourth-order valence-electron chi connectivity index (χ4n) is 3.51. The van der Waals surface area contributed by atoms with Gasteiger partial charge in [0.1, 0.15) is 16.4 Å². The number of ether oxygens (including phenoxy) is 2. The number of fused-ring (bicyclic) bond motifs is 1. The lowest BCUT2D eigenvalue weighted by molar-refractivity contribution is 0.130. The van der Waals surface area contributed by atoms with E-state index in [1.54, 1.807) is 6.07 Å². The minimum atomic E-state index is -0.755. The lowest BCUT2D eigenvalue weighted by atomic mass is 9.82. The maximum absolute atomic E-state index is 14.2. The number of nitrogens with zero attached hydrogens (tertiary/aromatic N) is 3. The Morgan fingerprint density at radius 1 is 1.32 bits per heavy atom. The predicted octanol–water partition coefficient (Wildman–Crippen LogP) is 6.73. The Kier molecular flexibility index (Phi) is 7.92. The summed E-state index contributed by atoms with van der Waals surface area (Å²) in [5, 5.41) is 8.06. The highest BCUT2D eigenvalue weighted by Gasteiger charge is 2.25. The summed E-state index contributed by atoms with van der Waals surface area (Å²) in [5.41, 5.74) is 7.11. The van der Waals surface area contributed by atoms with Crippen LogP contribution < -0.4 is 15.2 Å². The fourth-order valence-corrected chi connectivity index (χ4v) is 3.70. The van der Waals surface area contributed by atoms with Gasteiger partial charge in [-0.25, -0.2) is 9.37 Å². The summed E-state index contributed by atoms with van der Waals surface area (Å²) in [6.45, 7) is 11.1. The number of nitrogens with one attached hydrogen (secondary N) is 1. The third-order valence-electron chi connectivity index (χ3n) is 6.07. The Hall–Kier alpha value is -3.00. The number of aromatic nitrogens is 3. The number of hydrogen-bond donors (Lipinski definition) is 2. The van der Waals surface area contributed by atoms with Crippen LogP contribution in [0.2, 0.25) is 5.02 Å². The van der Waals surface area contributed by atoms with E-state index in [1.807, 2.05) is 6.92 Å². The molecule has 2 aromatic heterocycles. The number of pyridine rings is 1. The second-order valence-corrected chi connectivity index (χ2v) is 9.62. The molecule has 9 heteroatoms. The molecular weight excluding hydrogens is 457 g/mol. The largest absolute Gasteiger partial charge is 0.463 e. The second-order valence-electron chi connectivity index (χ2n) is 9.24. The van der Waals surface area contributed by atoms with Crippen molar-refractivity contribution in [3.05, 3.63) is 40.4 Å². The molecule has 0 aliphatic carbocycles. The lowest BCUT2D eigenvalue weighted by Crippen LogP contribution is -2.25. The first-order valence-electron chi connectivity index (χ1n) is 11.3. The van der Waals surface area contributed by atoms with Gasteiger partial charge in [0.2, 0.25) is 5.88 Å². The molecule has 0 aliphatic heterocycles. The molecule has 0 aliphatic rings. The van der Waals surface area contributed by atoms with E-state index in [4.69, 9.17) is 32.2 Å². The van der Waals surface area contributed by atoms with Crippen molar-refractivity contribution in [2.24, 2.45) is 11.3 Å². The third kappa shape index (κ3) is 5.55. The van der Waals surface area contributed by atoms with Gasteiger partial charge in [0.15, 0.2) is 5.75 Å². The quantitative estimate of drug-likeness (QED) is 0.242. The summed E-state index contributed by atoms with van der Waals surface area (Å²) in [6, 6.07) is 3.03. The monoisotopic (exact) mass is 487 g/mol. The Bertz CT molecular complexity index is 1200. The zero-order valence-electron chi connectivity index (χ0n) is 20.2. The summed E-state index contributed by atoms with van der Waals surface area (Å²) in [7, 11) is 0. The summed E-state index contributed by atoms with van der Waals surface area (Å²) in [4.78, 5) is 13.3. The SMILES string of the molecule is CC[C@](C)(CCC(C)C)COc1nc(C)c2ccnc(Oc3c(Cl)c(F)cc(N)c3C=N)c2n1. The van der Waals surface area contributed by atoms with E-state index in [2.05, 4.69) is 42.6 Å². The molecule has 2 heterocycles. The van der Waals surface area contributed by atoms with Crippen molar-refractivity contribution in [2.45, 2.75) is 53.9 Å². The third-order valence-corrected chi connectivity index (χ3v) is 6.42. The zero-order chi connectivity index (χ0) is 25.0. The van der Waals surface area contributed by atoms with Crippen LogP contribution in [0.4, 0.5) is 10.1 Å². The van der Waals surface area contributed by atoms with Gasteiger partial charge in [-0.05, 0) is 37.8 Å². The van der Waals surface area contributed by atoms with Crippen LogP contribution in [0.25, 0.3) is 10.9 Å². The summed E-state index contributed by atoms with van der Waals surface area (Å²) in [5.74, 6) is -0.151. The van der Waals surface area contributed by atoms with Crippen LogP contribution in [0.3, 0.4) is 0 Å². The van der Waals surface area contributed by atoms with Gasteiger partial charge in [-0.15, -0.1) is 0 Å². The first-order valence-corrected chi connectivity index (χ1v) is 11.7. The predicted molar refractivity (Wildman–Crippen MR) is 134 cm³/mol. The van der Waals surface area contributed by atoms with Gasteiger partial charge in [0, 0.05) is 28.9 Å². The van der Waals surface area contributed by atoms with Crippen molar-refractivity contribution >= 4 is 34.4 Å². The standard InChI is InChI=1S/C25H31ClFN5O2/c1-6-25(5,9-7-14(2)3)13-33-24-31-15(4)16-8-10-30-23(21(16)32-24)34-22-17(12-28)19(29)11-18(27)20(22)26/h8,10-12,14,28H,6-7,9,13,29H2,1-5H3/t25-/m1/s1. The van der Waals surface area contributed by atoms with Crippen molar-refractivity contribution in [2.75, 3.05) is 12.3 Å². The highest BCUT2D eigenvalue weighted by Crippen LogP contribution is 2.39. The first-order chi connectivity index (χ1) is 16.1. The molecular formula is C25H31ClFN5O2. The number of nitrogen functional groups attached to an aromatic ring is 1. The number of nitrogens with two attached hydrogens (primary N) is 1. The van der Waals surface area contributed by atoms with Gasteiger partial charge < -0.3 is 20.6 Å². The Balaban J connectivity index is 1.98. The molecule has 0 radical (unpaired) electrons. The molecule has 0 saturated heterocycles. The normalized spacial score (nSPS) is 13.2. The molecule has 0 unspecified atom stereocenters. The van der Waals surface area contributed by atoms with Gasteiger partial charge in [0.25, 0.3) is 0 Å². The van der Waals surface area contributed by atoms with E-state index in [-0.39, 0.29) is 39.3 Å². The van der Waals surface area contributed by atoms with Crippen LogP contribution in [-0.4, -0.2) is 27.8 Å². The number of aryl methyl sites for hydroxylation is 1. The molecule has 3 N–H and O–H groups in total. The van der Waals surface area contributed by atoms with Crippen molar-refractivity contribution in [3.63, 3.8) is 0 Å². The second kappa shape index (κ2) is 10.5. The molecule has 34 heavy (non-hydrogen) atoms. The average Bonchev–Trinajstić information content (AvgIpc) is 2.80. The van der Waals surface area contributed by atoms with Gasteiger partial charge in [-0.2, -0.15) is 9.97 Å². The molecule has 182 valence electrons. The minimum Gasteiger partial charge on any atom is -0.463 e. The first kappa shape index (κ1) is 25.6. The zero-order valence-corrected chi connectivity index (χ0v) is 21.0. The highest BCUT2D eigenvalue weighted by atomic mass is 35.5. The van der Waals surface area contributed by atoms with Crippen LogP contribution >= 0.6 is 11.6 Å². The summed E-state index contributed by atoms with van der Waals surface area (Å²) >= 11 is 6.14. The van der Waals surface area contributed by atoms with Crippen LogP contribution in [0, 0.1) is 29.5 Å². The average molecular weight is 488 g/mol. The summed E-state index contributed by atoms with van der Waals surface area (Å²) < 4.78 is 26.2. The van der Waals surface area contributed by atoms with E-state index in [0.717, 1.165) is 31.5 Å². The highest BCUT2D eigenvalue weighted by molar-refractivity contribution is 6.33. The van der Waals surface area contributed by atoms with E-state index < -0.39 is 5.82 Å². The number of benzene rings is 1. The van der Waals surface area contributed by atoms with Gasteiger partial charge in [-0.3, -0.25) is 0 Å². The van der Waals surface area contributed by atoms with Gasteiger partial charge in [-0.1, -0.05) is 45.7 Å². The molecule has 0 amide bonds. The smallest absolute Gasteiger partial charge is 0.317 e. The van der Waals surface area contributed by atoms with Crippen LogP contribution in [-0.2, 0) is 0 Å². The summed E-state index contributed by atoms with van der Waals surface area (Å²) in [6.07, 6.45) is 5.61. The number of halogens is 2. The van der Waals surface area contributed by atoms with Crippen LogP contribution in [0.1, 0.15) is 58.2 Å². The minimum absolute atomic E-state index is 0.00373. The van der Waals surface area contributed by atoms with E-state index in [0.29, 0.717) is 29.1 Å². The Morgan fingerprint density at radius 3 is 2.71 bits per heavy atom. The molecule has 0 fully saturated rings. The van der Waals surface area contributed by atoms with Crippen molar-refractivity contribution in [3.8, 4) is 17.6 Å². The molecule has 7 nitrogen and oxygen atoms in total. The Labute approximate surface area is 204 Å². The molecule has 1 atom stereocenters. The number of rotatable bonds is 10. The molecule has 3 rings (SSSR count). The molecule has 3 aromatic rings. The van der Waals surface area contributed by atoms with Gasteiger partial charge >= 0.3 is 6.01 Å². The van der Waals surface area contributed by atoms with E-state index in [9.17, 15) is 4.39 Å². The van der Waals surface area contributed by atoms with Crippen LogP contribution in [0.15, 0.2) is 18.3 Å². The van der Waals surface area contributed by atoms with Gasteiger partial charge in [0.05, 0.1) is 17.9 Å². The molecule has 0 spiro atoms. The maximum Gasteiger partial charge on any atom is 0.317 e. The van der Waals surface area contributed by atoms with Crippen molar-refractivity contribution in [1.82, 2.24) is 15.0 Å². The lowest BCUT2D eigenvalue weighted by Gasteiger charge is -2.28. The molecule has 0 saturated carbocycles. The fraction of sp³-hybridized carbons (Fsp3) is 0.440. The van der Waals surface area contributed by atoms with Crippen molar-refractivity contribution in [1.29, 1.82) is 5.41 Å². The Morgan fingerprint density at radius 2 is 2.06 bits per heavy atom.